The first-order chi connectivity index (χ1) is 9.97. The lowest BCUT2D eigenvalue weighted by atomic mass is 10.1. The van der Waals surface area contributed by atoms with Gasteiger partial charge in [-0.25, -0.2) is 9.78 Å². The highest BCUT2D eigenvalue weighted by atomic mass is 16.6. The average Bonchev–Trinajstić information content (AvgIpc) is 2.86. The lowest BCUT2D eigenvalue weighted by molar-refractivity contribution is -0.384. The van der Waals surface area contributed by atoms with Crippen molar-refractivity contribution in [2.24, 2.45) is 5.92 Å². The molecule has 1 saturated heterocycles. The van der Waals surface area contributed by atoms with Crippen LogP contribution in [0.25, 0.3) is 0 Å². The summed E-state index contributed by atoms with van der Waals surface area (Å²) in [7, 11) is 1.16. The summed E-state index contributed by atoms with van der Waals surface area (Å²) in [6.45, 7) is 0.167. The summed E-state index contributed by atoms with van der Waals surface area (Å²) in [5, 5.41) is 11.1. The van der Waals surface area contributed by atoms with Crippen molar-refractivity contribution in [2.45, 2.75) is 6.42 Å². The van der Waals surface area contributed by atoms with Crippen molar-refractivity contribution in [1.82, 2.24) is 4.98 Å². The maximum Gasteiger partial charge on any atom is 0.339 e. The van der Waals surface area contributed by atoms with Crippen LogP contribution in [0, 0.1) is 28.4 Å². The highest BCUT2D eigenvalue weighted by Gasteiger charge is 2.35. The number of pyridine rings is 1. The molecule has 1 aliphatic heterocycles. The number of hydrogen-bond acceptors (Lipinski definition) is 6. The summed E-state index contributed by atoms with van der Waals surface area (Å²) >= 11 is 0. The molecule has 1 amide bonds. The van der Waals surface area contributed by atoms with Crippen LogP contribution in [-0.4, -0.2) is 35.4 Å². The topological polar surface area (TPSA) is 103 Å². The number of carbonyl (C=O) groups excluding carboxylic acids is 2. The number of esters is 1. The number of nitrogens with zero attached hydrogens (tertiary/aromatic N) is 3. The predicted molar refractivity (Wildman–Crippen MR) is 71.5 cm³/mol. The van der Waals surface area contributed by atoms with Gasteiger partial charge in [0, 0.05) is 31.1 Å². The molecule has 0 saturated carbocycles. The van der Waals surface area contributed by atoms with Crippen molar-refractivity contribution >= 4 is 23.4 Å². The van der Waals surface area contributed by atoms with Crippen molar-refractivity contribution in [2.75, 3.05) is 18.6 Å². The molecule has 1 unspecified atom stereocenters. The Balaban J connectivity index is 2.45. The van der Waals surface area contributed by atoms with Crippen LogP contribution >= 0.6 is 0 Å². The van der Waals surface area contributed by atoms with Gasteiger partial charge in [0.1, 0.15) is 0 Å². The van der Waals surface area contributed by atoms with Gasteiger partial charge >= 0.3 is 11.7 Å². The largest absolute Gasteiger partial charge is 0.465 e. The minimum atomic E-state index is -0.744. The van der Waals surface area contributed by atoms with E-state index < -0.39 is 16.6 Å². The van der Waals surface area contributed by atoms with Crippen LogP contribution in [0.4, 0.5) is 11.5 Å². The summed E-state index contributed by atoms with van der Waals surface area (Å²) in [5.74, 6) is 0.948. The van der Waals surface area contributed by atoms with Gasteiger partial charge in [0.05, 0.1) is 17.6 Å². The molecule has 0 aliphatic carbocycles. The molecule has 1 aromatic rings. The maximum atomic E-state index is 11.9. The Morgan fingerprint density at radius 3 is 2.90 bits per heavy atom. The molecule has 8 nitrogen and oxygen atoms in total. The summed E-state index contributed by atoms with van der Waals surface area (Å²) < 4.78 is 4.48. The number of methoxy groups -OCH3 is 1. The average molecular weight is 289 g/mol. The standard InChI is InChI=1S/C13H11N3O5/c1-3-8-4-11(17)15(7-8)12-10(16(19)20)5-9(6-14-12)13(18)21-2/h1,5-6,8H,4,7H2,2H3. The normalized spacial score (nSPS) is 17.4. The van der Waals surface area contributed by atoms with E-state index in [0.717, 1.165) is 19.4 Å². The van der Waals surface area contributed by atoms with E-state index in [1.165, 1.54) is 4.90 Å². The third-order valence-corrected chi connectivity index (χ3v) is 3.08. The van der Waals surface area contributed by atoms with Gasteiger partial charge in [-0.2, -0.15) is 0 Å². The first-order valence-electron chi connectivity index (χ1n) is 5.97. The SMILES string of the molecule is C#CC1CC(=O)N(c2ncc(C(=O)OC)cc2[N+](=O)[O-])C1. The second kappa shape index (κ2) is 5.58. The molecule has 0 radical (unpaired) electrons. The second-order valence-electron chi connectivity index (χ2n) is 4.39. The Morgan fingerprint density at radius 2 is 2.38 bits per heavy atom. The Kier molecular flexibility index (Phi) is 3.84. The van der Waals surface area contributed by atoms with Gasteiger partial charge in [0.2, 0.25) is 11.7 Å². The lowest BCUT2D eigenvalue weighted by Crippen LogP contribution is -2.26. The smallest absolute Gasteiger partial charge is 0.339 e. The molecule has 0 aromatic carbocycles. The summed E-state index contributed by atoms with van der Waals surface area (Å²) in [6.07, 6.45) is 6.52. The van der Waals surface area contributed by atoms with Crippen LogP contribution in [0.5, 0.6) is 0 Å². The van der Waals surface area contributed by atoms with Crippen molar-refractivity contribution in [3.05, 3.63) is 27.9 Å². The number of terminal acetylenes is 1. The number of anilines is 1. The molecule has 1 aliphatic rings. The molecule has 21 heavy (non-hydrogen) atoms. The van der Waals surface area contributed by atoms with Gasteiger partial charge in [-0.15, -0.1) is 12.3 Å². The van der Waals surface area contributed by atoms with Crippen LogP contribution in [0.15, 0.2) is 12.3 Å². The zero-order chi connectivity index (χ0) is 15.6. The Hall–Kier alpha value is -2.95. The van der Waals surface area contributed by atoms with Gasteiger partial charge in [0.15, 0.2) is 0 Å². The first kappa shape index (κ1) is 14.5. The third-order valence-electron chi connectivity index (χ3n) is 3.08. The van der Waals surface area contributed by atoms with Crippen LogP contribution in [0.2, 0.25) is 0 Å². The predicted octanol–water partition coefficient (Wildman–Crippen LogP) is 0.762. The molecular formula is C13H11N3O5. The first-order valence-corrected chi connectivity index (χ1v) is 5.97. The molecular weight excluding hydrogens is 278 g/mol. The molecule has 0 spiro atoms. The van der Waals surface area contributed by atoms with E-state index in [2.05, 4.69) is 15.6 Å². The summed E-state index contributed by atoms with van der Waals surface area (Å²) in [5.41, 5.74) is -0.503. The molecule has 1 aromatic heterocycles. The number of hydrogen-bond donors (Lipinski definition) is 0. The van der Waals surface area contributed by atoms with E-state index in [-0.39, 0.29) is 36.2 Å². The van der Waals surface area contributed by atoms with E-state index in [4.69, 9.17) is 6.42 Å². The van der Waals surface area contributed by atoms with Crippen LogP contribution in [0.3, 0.4) is 0 Å². The molecule has 1 fully saturated rings. The monoisotopic (exact) mass is 289 g/mol. The fraction of sp³-hybridized carbons (Fsp3) is 0.308. The van der Waals surface area contributed by atoms with Crippen molar-refractivity contribution in [3.8, 4) is 12.3 Å². The Bertz CT molecular complexity index is 664. The number of ether oxygens (including phenoxy) is 1. The minimum absolute atomic E-state index is 0.0619. The number of amides is 1. The van der Waals surface area contributed by atoms with Crippen LogP contribution in [0.1, 0.15) is 16.8 Å². The zero-order valence-electron chi connectivity index (χ0n) is 11.1. The van der Waals surface area contributed by atoms with Crippen molar-refractivity contribution in [1.29, 1.82) is 0 Å². The molecule has 2 heterocycles. The number of aromatic nitrogens is 1. The molecule has 0 bridgehead atoms. The Morgan fingerprint density at radius 1 is 1.67 bits per heavy atom. The van der Waals surface area contributed by atoms with Gasteiger partial charge in [-0.05, 0) is 0 Å². The number of rotatable bonds is 3. The second-order valence-corrected chi connectivity index (χ2v) is 4.39. The molecule has 108 valence electrons. The van der Waals surface area contributed by atoms with E-state index >= 15 is 0 Å². The van der Waals surface area contributed by atoms with Gasteiger partial charge in [-0.3, -0.25) is 19.8 Å². The summed E-state index contributed by atoms with van der Waals surface area (Å²) in [6, 6.07) is 1.03. The fourth-order valence-corrected chi connectivity index (χ4v) is 2.04. The van der Waals surface area contributed by atoms with Gasteiger partial charge in [0.25, 0.3) is 0 Å². The van der Waals surface area contributed by atoms with E-state index in [1.807, 2.05) is 0 Å². The summed E-state index contributed by atoms with van der Waals surface area (Å²) in [4.78, 5) is 38.7. The highest BCUT2D eigenvalue weighted by Crippen LogP contribution is 2.31. The maximum absolute atomic E-state index is 11.9. The quantitative estimate of drug-likeness (QED) is 0.352. The van der Waals surface area contributed by atoms with Crippen LogP contribution in [-0.2, 0) is 9.53 Å². The lowest BCUT2D eigenvalue weighted by Gasteiger charge is -2.14. The third kappa shape index (κ3) is 2.67. The molecule has 2 rings (SSSR count). The van der Waals surface area contributed by atoms with E-state index in [1.54, 1.807) is 0 Å². The fourth-order valence-electron chi connectivity index (χ4n) is 2.04. The molecule has 0 N–H and O–H groups in total. The van der Waals surface area contributed by atoms with E-state index in [9.17, 15) is 19.7 Å². The molecule has 8 heteroatoms. The van der Waals surface area contributed by atoms with Crippen molar-refractivity contribution in [3.63, 3.8) is 0 Å². The van der Waals surface area contributed by atoms with Crippen LogP contribution < -0.4 is 4.90 Å². The number of nitro groups is 1. The van der Waals surface area contributed by atoms with Gasteiger partial charge in [-0.1, -0.05) is 0 Å². The van der Waals surface area contributed by atoms with Gasteiger partial charge < -0.3 is 4.74 Å². The minimum Gasteiger partial charge on any atom is -0.465 e. The van der Waals surface area contributed by atoms with Crippen molar-refractivity contribution < 1.29 is 19.2 Å². The highest BCUT2D eigenvalue weighted by molar-refractivity contribution is 5.98. The molecule has 1 atom stereocenters. The Labute approximate surface area is 119 Å². The zero-order valence-corrected chi connectivity index (χ0v) is 11.1. The number of carbonyl (C=O) groups is 2. The van der Waals surface area contributed by atoms with E-state index in [0.29, 0.717) is 0 Å².